The van der Waals surface area contributed by atoms with Gasteiger partial charge in [-0.05, 0) is 55.9 Å². The number of nitrogens with zero attached hydrogens (tertiary/aromatic N) is 2. The normalized spacial score (nSPS) is 23.9. The fourth-order valence-corrected chi connectivity index (χ4v) is 5.13. The highest BCUT2D eigenvalue weighted by Gasteiger charge is 2.34. The molecular formula is C25H35N3O3. The number of ether oxygens (including phenoxy) is 2. The van der Waals surface area contributed by atoms with E-state index in [0.29, 0.717) is 11.7 Å². The summed E-state index contributed by atoms with van der Waals surface area (Å²) in [5.41, 5.74) is 1.50. The summed E-state index contributed by atoms with van der Waals surface area (Å²) in [6, 6.07) is 7.99. The molecule has 1 aromatic carbocycles. The van der Waals surface area contributed by atoms with Crippen LogP contribution >= 0.6 is 0 Å². The van der Waals surface area contributed by atoms with Gasteiger partial charge in [0.15, 0.2) is 0 Å². The summed E-state index contributed by atoms with van der Waals surface area (Å²) in [4.78, 5) is 19.6. The van der Waals surface area contributed by atoms with Crippen LogP contribution in [0.3, 0.4) is 0 Å². The van der Waals surface area contributed by atoms with Crippen LogP contribution in [0.25, 0.3) is 10.9 Å². The Morgan fingerprint density at radius 3 is 2.97 bits per heavy atom. The number of piperidine rings is 2. The molecule has 31 heavy (non-hydrogen) atoms. The van der Waals surface area contributed by atoms with Gasteiger partial charge in [-0.25, -0.2) is 4.79 Å². The van der Waals surface area contributed by atoms with Crippen molar-refractivity contribution in [3.63, 3.8) is 0 Å². The van der Waals surface area contributed by atoms with Gasteiger partial charge in [0.2, 0.25) is 0 Å². The van der Waals surface area contributed by atoms with Gasteiger partial charge in [0, 0.05) is 37.1 Å². The zero-order valence-corrected chi connectivity index (χ0v) is 18.8. The molecule has 2 aliphatic heterocycles. The Labute approximate surface area is 185 Å². The van der Waals surface area contributed by atoms with E-state index >= 15 is 0 Å². The molecular weight excluding hydrogens is 390 g/mol. The summed E-state index contributed by atoms with van der Waals surface area (Å²) >= 11 is 0. The van der Waals surface area contributed by atoms with Crippen molar-refractivity contribution in [2.24, 2.45) is 5.92 Å². The number of carbonyl (C=O) groups is 1. The molecule has 0 spiro atoms. The molecule has 1 aromatic heterocycles. The Morgan fingerprint density at radius 1 is 1.23 bits per heavy atom. The molecule has 2 saturated heterocycles. The molecule has 2 aliphatic rings. The number of amides is 1. The average molecular weight is 426 g/mol. The quantitative estimate of drug-likeness (QED) is 0.584. The number of methoxy groups -OCH3 is 1. The molecule has 1 N–H and O–H groups in total. The first-order valence-corrected chi connectivity index (χ1v) is 11.8. The lowest BCUT2D eigenvalue weighted by Gasteiger charge is -2.44. The molecule has 0 saturated carbocycles. The average Bonchev–Trinajstić information content (AvgIpc) is 2.79. The first kappa shape index (κ1) is 21.9. The Kier molecular flexibility index (Phi) is 7.28. The third kappa shape index (κ3) is 5.48. The molecule has 6 heteroatoms. The topological polar surface area (TPSA) is 63.7 Å². The van der Waals surface area contributed by atoms with Crippen molar-refractivity contribution in [2.45, 2.75) is 70.4 Å². The van der Waals surface area contributed by atoms with Crippen LogP contribution in [0.4, 0.5) is 10.5 Å². The second kappa shape index (κ2) is 10.3. The van der Waals surface area contributed by atoms with E-state index in [0.717, 1.165) is 42.0 Å². The van der Waals surface area contributed by atoms with Gasteiger partial charge in [-0.2, -0.15) is 0 Å². The van der Waals surface area contributed by atoms with Gasteiger partial charge >= 0.3 is 6.09 Å². The molecule has 0 bridgehead atoms. The molecule has 4 rings (SSSR count). The summed E-state index contributed by atoms with van der Waals surface area (Å²) in [5, 5.41) is 3.76. The molecule has 2 aromatic rings. The van der Waals surface area contributed by atoms with Crippen LogP contribution in [0, 0.1) is 5.92 Å². The van der Waals surface area contributed by atoms with Gasteiger partial charge in [-0.15, -0.1) is 0 Å². The minimum absolute atomic E-state index is 0.0134. The number of benzene rings is 1. The number of carbonyl (C=O) groups excluding carboxylic acids is 1. The minimum atomic E-state index is -0.387. The van der Waals surface area contributed by atoms with E-state index in [1.165, 1.54) is 45.1 Å². The Hall–Kier alpha value is -2.34. The maximum Gasteiger partial charge on any atom is 0.411 e. The number of nitrogens with one attached hydrogen (secondary N) is 1. The molecule has 168 valence electrons. The van der Waals surface area contributed by atoms with Gasteiger partial charge in [0.25, 0.3) is 0 Å². The predicted octanol–water partition coefficient (Wildman–Crippen LogP) is 5.62. The summed E-state index contributed by atoms with van der Waals surface area (Å²) < 4.78 is 11.1. The number of anilines is 1. The summed E-state index contributed by atoms with van der Waals surface area (Å²) in [5.74, 6) is 1.58. The number of aromatic nitrogens is 1. The fourth-order valence-electron chi connectivity index (χ4n) is 5.13. The van der Waals surface area contributed by atoms with Crippen molar-refractivity contribution >= 4 is 22.7 Å². The van der Waals surface area contributed by atoms with Crippen molar-refractivity contribution in [1.82, 2.24) is 9.88 Å². The van der Waals surface area contributed by atoms with E-state index in [-0.39, 0.29) is 12.2 Å². The Morgan fingerprint density at radius 2 is 2.13 bits per heavy atom. The van der Waals surface area contributed by atoms with Crippen molar-refractivity contribution in [2.75, 3.05) is 25.5 Å². The number of hydrogen-bond donors (Lipinski definition) is 1. The van der Waals surface area contributed by atoms with Crippen molar-refractivity contribution < 1.29 is 14.3 Å². The molecule has 3 atom stereocenters. The monoisotopic (exact) mass is 425 g/mol. The number of hydrogen-bond acceptors (Lipinski definition) is 5. The number of pyridine rings is 1. The SMILES string of the molecule is CCCCCC1CCC2CC(OC(=O)Nc3ccnc4ccc(OC)cc34)CCN2C1. The highest BCUT2D eigenvalue weighted by Crippen LogP contribution is 2.33. The maximum absolute atomic E-state index is 12.6. The number of rotatable bonds is 7. The standard InChI is InChI=1S/C25H35N3O3/c1-3-4-5-6-18-7-8-19-15-21(12-14-28(19)17-18)31-25(29)27-24-11-13-26-23-10-9-20(30-2)16-22(23)24/h9-11,13,16,18-19,21H,3-8,12,14-15,17H2,1-2H3,(H,26,27,29). The van der Waals surface area contributed by atoms with Crippen LogP contribution in [0.15, 0.2) is 30.5 Å². The highest BCUT2D eigenvalue weighted by molar-refractivity contribution is 5.99. The molecule has 3 heterocycles. The second-order valence-electron chi connectivity index (χ2n) is 9.01. The minimum Gasteiger partial charge on any atom is -0.497 e. The van der Waals surface area contributed by atoms with E-state index in [4.69, 9.17) is 9.47 Å². The lowest BCUT2D eigenvalue weighted by atomic mass is 9.84. The lowest BCUT2D eigenvalue weighted by molar-refractivity contribution is -0.000379. The first-order valence-electron chi connectivity index (χ1n) is 11.8. The molecule has 6 nitrogen and oxygen atoms in total. The Bertz CT molecular complexity index is 887. The van der Waals surface area contributed by atoms with Crippen molar-refractivity contribution in [3.8, 4) is 5.75 Å². The fraction of sp³-hybridized carbons (Fsp3) is 0.600. The van der Waals surface area contributed by atoms with Crippen molar-refractivity contribution in [1.29, 1.82) is 0 Å². The molecule has 0 aliphatic carbocycles. The third-order valence-corrected chi connectivity index (χ3v) is 6.87. The summed E-state index contributed by atoms with van der Waals surface area (Å²) in [7, 11) is 1.63. The number of fused-ring (bicyclic) bond motifs is 2. The highest BCUT2D eigenvalue weighted by atomic mass is 16.6. The van der Waals surface area contributed by atoms with Gasteiger partial charge in [0.1, 0.15) is 11.9 Å². The summed E-state index contributed by atoms with van der Waals surface area (Å²) in [6.07, 6.45) is 11.1. The van der Waals surface area contributed by atoms with Crippen LogP contribution in [-0.2, 0) is 4.74 Å². The summed E-state index contributed by atoms with van der Waals surface area (Å²) in [6.45, 7) is 4.52. The largest absolute Gasteiger partial charge is 0.497 e. The van der Waals surface area contributed by atoms with E-state index < -0.39 is 0 Å². The molecule has 1 amide bonds. The van der Waals surface area contributed by atoms with E-state index in [9.17, 15) is 4.79 Å². The molecule has 2 fully saturated rings. The van der Waals surface area contributed by atoms with Gasteiger partial charge < -0.3 is 9.47 Å². The van der Waals surface area contributed by atoms with Gasteiger partial charge in [0.05, 0.1) is 18.3 Å². The zero-order chi connectivity index (χ0) is 21.6. The Balaban J connectivity index is 1.30. The molecule has 3 unspecified atom stereocenters. The predicted molar refractivity (Wildman–Crippen MR) is 124 cm³/mol. The lowest BCUT2D eigenvalue weighted by Crippen LogP contribution is -2.50. The smallest absolute Gasteiger partial charge is 0.411 e. The van der Waals surface area contributed by atoms with Crippen molar-refractivity contribution in [3.05, 3.63) is 30.5 Å². The van der Waals surface area contributed by atoms with Gasteiger partial charge in [-0.1, -0.05) is 26.2 Å². The third-order valence-electron chi connectivity index (χ3n) is 6.87. The second-order valence-corrected chi connectivity index (χ2v) is 9.01. The zero-order valence-electron chi connectivity index (χ0n) is 18.8. The first-order chi connectivity index (χ1) is 15.2. The van der Waals surface area contributed by atoms with E-state index in [1.54, 1.807) is 19.4 Å². The van der Waals surface area contributed by atoms with Crippen LogP contribution in [0.1, 0.15) is 58.3 Å². The number of unbranched alkanes of at least 4 members (excludes halogenated alkanes) is 2. The van der Waals surface area contributed by atoms with E-state index in [1.807, 2.05) is 18.2 Å². The maximum atomic E-state index is 12.6. The van der Waals surface area contributed by atoms with Gasteiger partial charge in [-0.3, -0.25) is 15.2 Å². The van der Waals surface area contributed by atoms with Crippen LogP contribution in [0.5, 0.6) is 5.75 Å². The van der Waals surface area contributed by atoms with E-state index in [2.05, 4.69) is 22.1 Å². The van der Waals surface area contributed by atoms with Crippen LogP contribution in [0.2, 0.25) is 0 Å². The van der Waals surface area contributed by atoms with Crippen LogP contribution in [-0.4, -0.2) is 48.3 Å². The van der Waals surface area contributed by atoms with Crippen LogP contribution < -0.4 is 10.1 Å². The molecule has 0 radical (unpaired) electrons.